The molecule has 9 nitrogen and oxygen atoms in total. The third-order valence-corrected chi connectivity index (χ3v) is 3.03. The lowest BCUT2D eigenvalue weighted by molar-refractivity contribution is -0.385. The number of carbonyl (C=O) groups excluding carboxylic acids is 1. The number of nitro groups is 1. The Labute approximate surface area is 120 Å². The van der Waals surface area contributed by atoms with E-state index in [-0.39, 0.29) is 17.9 Å². The molecule has 112 valence electrons. The SMILES string of the molecule is CCn1cc(CNC(=O)c2nn(C)cc2[N+](=O)[O-])c(C)n1. The first-order chi connectivity index (χ1) is 9.92. The summed E-state index contributed by atoms with van der Waals surface area (Å²) in [6.07, 6.45) is 3.04. The maximum absolute atomic E-state index is 12.0. The lowest BCUT2D eigenvalue weighted by atomic mass is 10.2. The summed E-state index contributed by atoms with van der Waals surface area (Å²) < 4.78 is 3.01. The normalized spacial score (nSPS) is 10.6. The Morgan fingerprint density at radius 2 is 2.14 bits per heavy atom. The van der Waals surface area contributed by atoms with E-state index in [1.807, 2.05) is 20.0 Å². The van der Waals surface area contributed by atoms with E-state index in [0.717, 1.165) is 17.8 Å². The Morgan fingerprint density at radius 1 is 1.43 bits per heavy atom. The van der Waals surface area contributed by atoms with Gasteiger partial charge in [-0.15, -0.1) is 0 Å². The van der Waals surface area contributed by atoms with Crippen molar-refractivity contribution in [2.45, 2.75) is 26.9 Å². The van der Waals surface area contributed by atoms with Gasteiger partial charge in [0.1, 0.15) is 6.20 Å². The van der Waals surface area contributed by atoms with Gasteiger partial charge < -0.3 is 5.32 Å². The number of nitrogens with one attached hydrogen (secondary N) is 1. The van der Waals surface area contributed by atoms with Gasteiger partial charge in [0.2, 0.25) is 5.69 Å². The molecule has 9 heteroatoms. The third-order valence-electron chi connectivity index (χ3n) is 3.03. The first-order valence-corrected chi connectivity index (χ1v) is 6.41. The van der Waals surface area contributed by atoms with Gasteiger partial charge in [-0.1, -0.05) is 0 Å². The van der Waals surface area contributed by atoms with Crippen LogP contribution in [0.2, 0.25) is 0 Å². The second kappa shape index (κ2) is 5.73. The molecule has 2 rings (SSSR count). The molecular weight excluding hydrogens is 276 g/mol. The Morgan fingerprint density at radius 3 is 2.71 bits per heavy atom. The maximum Gasteiger partial charge on any atom is 0.320 e. The Kier molecular flexibility index (Phi) is 4.01. The van der Waals surface area contributed by atoms with Crippen molar-refractivity contribution in [1.29, 1.82) is 0 Å². The van der Waals surface area contributed by atoms with Crippen LogP contribution in [0.4, 0.5) is 5.69 Å². The van der Waals surface area contributed by atoms with Crippen molar-refractivity contribution < 1.29 is 9.72 Å². The summed E-state index contributed by atoms with van der Waals surface area (Å²) in [4.78, 5) is 22.3. The van der Waals surface area contributed by atoms with E-state index in [1.54, 1.807) is 4.68 Å². The van der Waals surface area contributed by atoms with Crippen molar-refractivity contribution in [3.8, 4) is 0 Å². The van der Waals surface area contributed by atoms with E-state index >= 15 is 0 Å². The van der Waals surface area contributed by atoms with Crippen LogP contribution in [-0.2, 0) is 20.1 Å². The van der Waals surface area contributed by atoms with Crippen molar-refractivity contribution in [2.75, 3.05) is 0 Å². The van der Waals surface area contributed by atoms with Gasteiger partial charge in [0.15, 0.2) is 0 Å². The van der Waals surface area contributed by atoms with Gasteiger partial charge in [-0.25, -0.2) is 0 Å². The number of nitrogens with zero attached hydrogens (tertiary/aromatic N) is 5. The largest absolute Gasteiger partial charge is 0.346 e. The van der Waals surface area contributed by atoms with E-state index < -0.39 is 10.8 Å². The zero-order chi connectivity index (χ0) is 15.6. The number of aromatic nitrogens is 4. The van der Waals surface area contributed by atoms with Gasteiger partial charge in [-0.05, 0) is 13.8 Å². The molecule has 0 aliphatic carbocycles. The highest BCUT2D eigenvalue weighted by Crippen LogP contribution is 2.16. The van der Waals surface area contributed by atoms with Crippen LogP contribution in [0.3, 0.4) is 0 Å². The first kappa shape index (κ1) is 14.7. The molecule has 0 fully saturated rings. The molecule has 0 bridgehead atoms. The predicted molar refractivity (Wildman–Crippen MR) is 73.7 cm³/mol. The van der Waals surface area contributed by atoms with Gasteiger partial charge in [0.05, 0.1) is 10.6 Å². The quantitative estimate of drug-likeness (QED) is 0.647. The third kappa shape index (κ3) is 3.07. The lowest BCUT2D eigenvalue weighted by Gasteiger charge is -2.01. The molecule has 0 spiro atoms. The molecule has 0 aliphatic heterocycles. The molecule has 21 heavy (non-hydrogen) atoms. The smallest absolute Gasteiger partial charge is 0.320 e. The number of aryl methyl sites for hydroxylation is 3. The zero-order valence-electron chi connectivity index (χ0n) is 12.0. The summed E-state index contributed by atoms with van der Waals surface area (Å²) >= 11 is 0. The van der Waals surface area contributed by atoms with E-state index in [9.17, 15) is 14.9 Å². The summed E-state index contributed by atoms with van der Waals surface area (Å²) in [5, 5.41) is 21.6. The molecular formula is C12H16N6O3. The van der Waals surface area contributed by atoms with Crippen LogP contribution < -0.4 is 5.32 Å². The summed E-state index contributed by atoms with van der Waals surface area (Å²) in [6, 6.07) is 0. The van der Waals surface area contributed by atoms with Crippen molar-refractivity contribution in [3.05, 3.63) is 39.5 Å². The standard InChI is InChI=1S/C12H16N6O3/c1-4-17-6-9(8(2)14-17)5-13-12(19)11-10(18(20)21)7-16(3)15-11/h6-7H,4-5H2,1-3H3,(H,13,19). The summed E-state index contributed by atoms with van der Waals surface area (Å²) in [7, 11) is 1.53. The summed E-state index contributed by atoms with van der Waals surface area (Å²) in [6.45, 7) is 4.79. The van der Waals surface area contributed by atoms with E-state index in [2.05, 4.69) is 15.5 Å². The fourth-order valence-corrected chi connectivity index (χ4v) is 1.93. The minimum atomic E-state index is -0.623. The molecule has 0 aromatic carbocycles. The Balaban J connectivity index is 2.11. The molecule has 1 N–H and O–H groups in total. The molecule has 0 unspecified atom stereocenters. The van der Waals surface area contributed by atoms with E-state index in [1.165, 1.54) is 17.9 Å². The lowest BCUT2D eigenvalue weighted by Crippen LogP contribution is -2.24. The molecule has 0 saturated carbocycles. The van der Waals surface area contributed by atoms with Crippen LogP contribution in [0, 0.1) is 17.0 Å². The molecule has 0 atom stereocenters. The average Bonchev–Trinajstić information content (AvgIpc) is 2.99. The minimum absolute atomic E-state index is 0.192. The summed E-state index contributed by atoms with van der Waals surface area (Å²) in [5.41, 5.74) is 1.18. The van der Waals surface area contributed by atoms with Crippen LogP contribution in [0.1, 0.15) is 28.7 Å². The van der Waals surface area contributed by atoms with Gasteiger partial charge in [0.25, 0.3) is 5.91 Å². The first-order valence-electron chi connectivity index (χ1n) is 6.41. The number of rotatable bonds is 5. The number of amides is 1. The molecule has 0 aliphatic rings. The second-order valence-electron chi connectivity index (χ2n) is 4.57. The van der Waals surface area contributed by atoms with Crippen LogP contribution in [0.25, 0.3) is 0 Å². The van der Waals surface area contributed by atoms with Crippen molar-refractivity contribution >= 4 is 11.6 Å². The molecule has 2 aromatic heterocycles. The van der Waals surface area contributed by atoms with Gasteiger partial charge in [-0.3, -0.25) is 24.3 Å². The van der Waals surface area contributed by atoms with Gasteiger partial charge in [-0.2, -0.15) is 10.2 Å². The van der Waals surface area contributed by atoms with E-state index in [0.29, 0.717) is 0 Å². The Hall–Kier alpha value is -2.71. The molecule has 0 saturated heterocycles. The number of hydrogen-bond acceptors (Lipinski definition) is 5. The highest BCUT2D eigenvalue weighted by molar-refractivity contribution is 5.95. The van der Waals surface area contributed by atoms with Crippen molar-refractivity contribution in [3.63, 3.8) is 0 Å². The average molecular weight is 292 g/mol. The maximum atomic E-state index is 12.0. The zero-order valence-corrected chi connectivity index (χ0v) is 12.0. The second-order valence-corrected chi connectivity index (χ2v) is 4.57. The van der Waals surface area contributed by atoms with Crippen LogP contribution in [-0.4, -0.2) is 30.4 Å². The minimum Gasteiger partial charge on any atom is -0.346 e. The number of carbonyl (C=O) groups is 1. The highest BCUT2D eigenvalue weighted by Gasteiger charge is 2.24. The van der Waals surface area contributed by atoms with Crippen LogP contribution in [0.5, 0.6) is 0 Å². The topological polar surface area (TPSA) is 108 Å². The van der Waals surface area contributed by atoms with E-state index in [4.69, 9.17) is 0 Å². The Bertz CT molecular complexity index is 687. The van der Waals surface area contributed by atoms with Gasteiger partial charge in [0, 0.05) is 31.9 Å². The highest BCUT2D eigenvalue weighted by atomic mass is 16.6. The molecule has 0 radical (unpaired) electrons. The predicted octanol–water partition coefficient (Wildman–Crippen LogP) is 0.783. The molecule has 2 aromatic rings. The molecule has 2 heterocycles. The number of hydrogen-bond donors (Lipinski definition) is 1. The van der Waals surface area contributed by atoms with Gasteiger partial charge >= 0.3 is 5.69 Å². The van der Waals surface area contributed by atoms with Crippen LogP contribution >= 0.6 is 0 Å². The fourth-order valence-electron chi connectivity index (χ4n) is 1.93. The fraction of sp³-hybridized carbons (Fsp3) is 0.417. The molecule has 1 amide bonds. The van der Waals surface area contributed by atoms with Crippen LogP contribution in [0.15, 0.2) is 12.4 Å². The monoisotopic (exact) mass is 292 g/mol. The summed E-state index contributed by atoms with van der Waals surface area (Å²) in [5.74, 6) is -0.578. The van der Waals surface area contributed by atoms with Crippen molar-refractivity contribution in [1.82, 2.24) is 24.9 Å². The van der Waals surface area contributed by atoms with Crippen molar-refractivity contribution in [2.24, 2.45) is 7.05 Å².